The first-order chi connectivity index (χ1) is 18.6. The van der Waals surface area contributed by atoms with Crippen molar-refractivity contribution >= 4 is 46.8 Å². The van der Waals surface area contributed by atoms with E-state index in [1.54, 1.807) is 0 Å². The van der Waals surface area contributed by atoms with Gasteiger partial charge in [0.05, 0.1) is 7.05 Å². The molecule has 0 saturated carbocycles. The molecule has 0 radical (unpaired) electrons. The van der Waals surface area contributed by atoms with E-state index in [9.17, 15) is 0 Å². The summed E-state index contributed by atoms with van der Waals surface area (Å²) in [6, 6.07) is 53.4. The van der Waals surface area contributed by atoms with E-state index in [-0.39, 0.29) is 6.04 Å². The van der Waals surface area contributed by atoms with Gasteiger partial charge in [-0.25, -0.2) is 0 Å². The molecule has 0 amide bonds. The predicted molar refractivity (Wildman–Crippen MR) is 171 cm³/mol. The first-order valence-corrected chi connectivity index (χ1v) is 16.4. The molecule has 38 heavy (non-hydrogen) atoms. The lowest BCUT2D eigenvalue weighted by atomic mass is 10.1. The molecule has 5 aromatic rings. The number of nitrogens with zero attached hydrogens (tertiary/aromatic N) is 1. The molecular formula is C35H35NP2. The standard InChI is InChI=1S/C35H35NP2/c1-28(2)29(3)36-38(32-22-12-6-13-23-32,33-24-14-7-15-25-33)35-27-17-16-26-34(35)37(30-18-8-4-9-19-30)31-20-10-5-11-21-31/h4-29H,1-3H3/t29-/m1/s1. The summed E-state index contributed by atoms with van der Waals surface area (Å²) in [7, 11) is -3.14. The summed E-state index contributed by atoms with van der Waals surface area (Å²) in [5.74, 6) is 0.443. The monoisotopic (exact) mass is 531 g/mol. The molecule has 0 aromatic heterocycles. The molecule has 0 bridgehead atoms. The van der Waals surface area contributed by atoms with Gasteiger partial charge in [-0.2, -0.15) is 0 Å². The van der Waals surface area contributed by atoms with Crippen molar-refractivity contribution in [3.05, 3.63) is 146 Å². The fourth-order valence-electron chi connectivity index (χ4n) is 4.83. The summed E-state index contributed by atoms with van der Waals surface area (Å²) in [5, 5.41) is 8.09. The third kappa shape index (κ3) is 5.33. The van der Waals surface area contributed by atoms with Gasteiger partial charge in [0.2, 0.25) is 0 Å². The van der Waals surface area contributed by atoms with E-state index in [1.807, 2.05) is 0 Å². The second-order valence-electron chi connectivity index (χ2n) is 9.90. The Bertz CT molecular complexity index is 1410. The molecule has 0 spiro atoms. The number of hydrogen-bond donors (Lipinski definition) is 0. The summed E-state index contributed by atoms with van der Waals surface area (Å²) in [6.07, 6.45) is 0. The number of rotatable bonds is 8. The molecule has 190 valence electrons. The van der Waals surface area contributed by atoms with Crippen molar-refractivity contribution in [3.63, 3.8) is 0 Å². The van der Waals surface area contributed by atoms with Crippen molar-refractivity contribution in [3.8, 4) is 0 Å². The molecule has 1 nitrogen and oxygen atoms in total. The largest absolute Gasteiger partial charge is 0.286 e. The van der Waals surface area contributed by atoms with Crippen LogP contribution < -0.4 is 31.8 Å². The zero-order valence-corrected chi connectivity index (χ0v) is 24.1. The highest BCUT2D eigenvalue weighted by Crippen LogP contribution is 2.49. The molecule has 0 saturated heterocycles. The van der Waals surface area contributed by atoms with E-state index in [2.05, 4.69) is 166 Å². The van der Waals surface area contributed by atoms with Crippen LogP contribution >= 0.6 is 15.0 Å². The fraction of sp³-hybridized carbons (Fsp3) is 0.143. The SMILES string of the molecule is CC(C)[C@@H](C)N=P(c1ccccc1)(c1ccccc1)c1ccccc1P(c1ccccc1)c1ccccc1. The zero-order chi connectivity index (χ0) is 26.4. The Morgan fingerprint density at radius 1 is 0.500 bits per heavy atom. The second kappa shape index (κ2) is 12.1. The van der Waals surface area contributed by atoms with Gasteiger partial charge >= 0.3 is 0 Å². The number of benzene rings is 5. The quantitative estimate of drug-likeness (QED) is 0.192. The van der Waals surface area contributed by atoms with Crippen LogP contribution in [0.2, 0.25) is 0 Å². The van der Waals surface area contributed by atoms with E-state index in [0.29, 0.717) is 5.92 Å². The Morgan fingerprint density at radius 2 is 0.895 bits per heavy atom. The highest BCUT2D eigenvalue weighted by molar-refractivity contribution is 7.90. The van der Waals surface area contributed by atoms with Crippen LogP contribution in [-0.2, 0) is 0 Å². The van der Waals surface area contributed by atoms with Gasteiger partial charge < -0.3 is 0 Å². The molecular weight excluding hydrogens is 496 g/mol. The highest BCUT2D eigenvalue weighted by atomic mass is 31.2. The summed E-state index contributed by atoms with van der Waals surface area (Å²) in [4.78, 5) is 0. The van der Waals surface area contributed by atoms with Crippen LogP contribution in [0.1, 0.15) is 20.8 Å². The van der Waals surface area contributed by atoms with E-state index in [4.69, 9.17) is 4.74 Å². The summed E-state index contributed by atoms with van der Waals surface area (Å²) >= 11 is 0. The third-order valence-corrected chi connectivity index (χ3v) is 13.6. The van der Waals surface area contributed by atoms with Gasteiger partial charge in [0, 0.05) is 22.0 Å². The maximum Gasteiger partial charge on any atom is 0.0557 e. The molecule has 5 rings (SSSR count). The molecule has 0 aliphatic heterocycles. The van der Waals surface area contributed by atoms with Gasteiger partial charge in [-0.3, -0.25) is 4.74 Å². The van der Waals surface area contributed by atoms with Gasteiger partial charge in [0.15, 0.2) is 0 Å². The Kier molecular flexibility index (Phi) is 8.38. The lowest BCUT2D eigenvalue weighted by molar-refractivity contribution is 0.536. The van der Waals surface area contributed by atoms with Gasteiger partial charge in [0.25, 0.3) is 0 Å². The van der Waals surface area contributed by atoms with Crippen LogP contribution in [0.5, 0.6) is 0 Å². The molecule has 0 N–H and O–H groups in total. The van der Waals surface area contributed by atoms with Crippen molar-refractivity contribution in [2.45, 2.75) is 26.8 Å². The third-order valence-electron chi connectivity index (χ3n) is 7.08. The minimum absolute atomic E-state index is 0.205. The van der Waals surface area contributed by atoms with Crippen LogP contribution in [-0.4, -0.2) is 6.04 Å². The fourth-order valence-corrected chi connectivity index (χ4v) is 11.9. The Morgan fingerprint density at radius 3 is 1.34 bits per heavy atom. The first kappa shape index (κ1) is 26.4. The van der Waals surface area contributed by atoms with Crippen LogP contribution in [0.25, 0.3) is 0 Å². The Labute approximate surface area is 229 Å². The van der Waals surface area contributed by atoms with Crippen molar-refractivity contribution in [2.24, 2.45) is 10.7 Å². The van der Waals surface area contributed by atoms with E-state index >= 15 is 0 Å². The lowest BCUT2D eigenvalue weighted by Gasteiger charge is -2.33. The average Bonchev–Trinajstić information content (AvgIpc) is 2.98. The maximum atomic E-state index is 5.87. The summed E-state index contributed by atoms with van der Waals surface area (Å²) < 4.78 is 5.87. The molecule has 0 aliphatic carbocycles. The highest BCUT2D eigenvalue weighted by Gasteiger charge is 2.33. The minimum Gasteiger partial charge on any atom is -0.286 e. The van der Waals surface area contributed by atoms with Crippen LogP contribution in [0.15, 0.2) is 150 Å². The smallest absolute Gasteiger partial charge is 0.0557 e. The molecule has 0 heterocycles. The molecule has 0 fully saturated rings. The Hall–Kier alpha value is -3.24. The molecule has 1 atom stereocenters. The van der Waals surface area contributed by atoms with E-state index in [0.717, 1.165) is 0 Å². The minimum atomic E-state index is -2.35. The summed E-state index contributed by atoms with van der Waals surface area (Å²) in [6.45, 7) is 6.85. The van der Waals surface area contributed by atoms with Gasteiger partial charge in [-0.15, -0.1) is 0 Å². The molecule has 0 unspecified atom stereocenters. The van der Waals surface area contributed by atoms with Crippen LogP contribution in [0.4, 0.5) is 0 Å². The number of hydrogen-bond acceptors (Lipinski definition) is 1. The maximum absolute atomic E-state index is 5.87. The first-order valence-electron chi connectivity index (χ1n) is 13.3. The molecule has 3 heteroatoms. The van der Waals surface area contributed by atoms with Crippen LogP contribution in [0.3, 0.4) is 0 Å². The Balaban J connectivity index is 1.91. The van der Waals surface area contributed by atoms with Crippen LogP contribution in [0, 0.1) is 5.92 Å². The van der Waals surface area contributed by atoms with Gasteiger partial charge in [-0.1, -0.05) is 159 Å². The van der Waals surface area contributed by atoms with E-state index in [1.165, 1.54) is 31.8 Å². The average molecular weight is 532 g/mol. The van der Waals surface area contributed by atoms with E-state index < -0.39 is 15.0 Å². The normalized spacial score (nSPS) is 12.4. The summed E-state index contributed by atoms with van der Waals surface area (Å²) in [5.41, 5.74) is 0. The van der Waals surface area contributed by atoms with Gasteiger partial charge in [-0.05, 0) is 36.7 Å². The predicted octanol–water partition coefficient (Wildman–Crippen LogP) is 6.97. The topological polar surface area (TPSA) is 12.4 Å². The van der Waals surface area contributed by atoms with Crippen molar-refractivity contribution in [2.75, 3.05) is 0 Å². The van der Waals surface area contributed by atoms with Crippen molar-refractivity contribution in [1.29, 1.82) is 0 Å². The van der Waals surface area contributed by atoms with Crippen molar-refractivity contribution in [1.82, 2.24) is 0 Å². The zero-order valence-electron chi connectivity index (χ0n) is 22.4. The van der Waals surface area contributed by atoms with Crippen molar-refractivity contribution < 1.29 is 0 Å². The second-order valence-corrected chi connectivity index (χ2v) is 15.1. The lowest BCUT2D eigenvalue weighted by Crippen LogP contribution is -2.37. The molecule has 5 aromatic carbocycles. The molecule has 0 aliphatic rings. The van der Waals surface area contributed by atoms with Gasteiger partial charge in [0.1, 0.15) is 0 Å².